The third-order valence-corrected chi connectivity index (χ3v) is 7.02. The second-order valence-electron chi connectivity index (χ2n) is 8.98. The van der Waals surface area contributed by atoms with Gasteiger partial charge in [0, 0.05) is 37.0 Å². The molecule has 0 atom stereocenters. The Balaban J connectivity index is 1.25. The summed E-state index contributed by atoms with van der Waals surface area (Å²) in [6.07, 6.45) is 0. The molecule has 0 N–H and O–H groups in total. The van der Waals surface area contributed by atoms with Crippen LogP contribution in [0.2, 0.25) is 0 Å². The zero-order chi connectivity index (χ0) is 22.0. The minimum absolute atomic E-state index is 0.308. The third-order valence-electron chi connectivity index (χ3n) is 7.02. The first kappa shape index (κ1) is 20.2. The third kappa shape index (κ3) is 3.84. The van der Waals surface area contributed by atoms with Gasteiger partial charge < -0.3 is 4.57 Å². The maximum absolute atomic E-state index is 2.65. The summed E-state index contributed by atoms with van der Waals surface area (Å²) in [6.45, 7) is 5.19. The van der Waals surface area contributed by atoms with Crippen LogP contribution in [-0.4, -0.2) is 40.5 Å². The SMILES string of the molecule is c1ccc(C(c2ccccc2)N2CCN(Cn3c4ccccc4c4ccccc43)CC2)cc1. The molecule has 0 aliphatic carbocycles. The first-order valence-electron chi connectivity index (χ1n) is 11.9. The Morgan fingerprint density at radius 2 is 0.970 bits per heavy atom. The summed E-state index contributed by atoms with van der Waals surface area (Å²) in [5, 5.41) is 2.69. The summed E-state index contributed by atoms with van der Waals surface area (Å²) in [4.78, 5) is 5.25. The van der Waals surface area contributed by atoms with E-state index in [4.69, 9.17) is 0 Å². The van der Waals surface area contributed by atoms with Crippen LogP contribution in [0.4, 0.5) is 0 Å². The van der Waals surface area contributed by atoms with Gasteiger partial charge in [0.1, 0.15) is 0 Å². The van der Waals surface area contributed by atoms with Crippen LogP contribution in [0.1, 0.15) is 17.2 Å². The maximum Gasteiger partial charge on any atom is 0.0758 e. The lowest BCUT2D eigenvalue weighted by molar-refractivity contribution is 0.0907. The standard InChI is InChI=1S/C30H29N3/c1-3-11-24(12-4-1)30(25-13-5-2-6-14-25)32-21-19-31(20-22-32)23-33-28-17-9-7-15-26(28)27-16-8-10-18-29(27)33/h1-18,30H,19-23H2. The second-order valence-corrected chi connectivity index (χ2v) is 8.98. The highest BCUT2D eigenvalue weighted by atomic mass is 15.3. The smallest absolute Gasteiger partial charge is 0.0758 e. The van der Waals surface area contributed by atoms with Gasteiger partial charge in [0.2, 0.25) is 0 Å². The molecule has 3 nitrogen and oxygen atoms in total. The van der Waals surface area contributed by atoms with Crippen LogP contribution in [0.3, 0.4) is 0 Å². The molecule has 0 spiro atoms. The quantitative estimate of drug-likeness (QED) is 0.330. The molecule has 1 aromatic heterocycles. The van der Waals surface area contributed by atoms with Crippen LogP contribution in [0, 0.1) is 0 Å². The molecule has 2 heterocycles. The van der Waals surface area contributed by atoms with Crippen molar-refractivity contribution in [1.82, 2.24) is 14.4 Å². The van der Waals surface area contributed by atoms with Crippen LogP contribution in [0.15, 0.2) is 109 Å². The fourth-order valence-electron chi connectivity index (χ4n) is 5.40. The summed E-state index contributed by atoms with van der Waals surface area (Å²) < 4.78 is 2.49. The molecule has 164 valence electrons. The van der Waals surface area contributed by atoms with E-state index in [2.05, 4.69) is 124 Å². The largest absolute Gasteiger partial charge is 0.327 e. The van der Waals surface area contributed by atoms with Crippen molar-refractivity contribution in [2.75, 3.05) is 26.2 Å². The van der Waals surface area contributed by atoms with Gasteiger partial charge in [0.25, 0.3) is 0 Å². The minimum atomic E-state index is 0.308. The molecular weight excluding hydrogens is 402 g/mol. The van der Waals surface area contributed by atoms with E-state index in [-0.39, 0.29) is 0 Å². The Morgan fingerprint density at radius 3 is 1.48 bits per heavy atom. The van der Waals surface area contributed by atoms with Crippen LogP contribution >= 0.6 is 0 Å². The fraction of sp³-hybridized carbons (Fsp3) is 0.200. The molecule has 3 heteroatoms. The Kier molecular flexibility index (Phi) is 5.43. The zero-order valence-corrected chi connectivity index (χ0v) is 18.8. The fourth-order valence-corrected chi connectivity index (χ4v) is 5.40. The number of fused-ring (bicyclic) bond motifs is 3. The number of hydrogen-bond acceptors (Lipinski definition) is 2. The van der Waals surface area contributed by atoms with Gasteiger partial charge in [0.05, 0.1) is 23.7 Å². The number of rotatable bonds is 5. The molecule has 1 saturated heterocycles. The molecule has 5 aromatic rings. The van der Waals surface area contributed by atoms with E-state index < -0.39 is 0 Å². The highest BCUT2D eigenvalue weighted by molar-refractivity contribution is 6.07. The van der Waals surface area contributed by atoms with E-state index >= 15 is 0 Å². The molecule has 0 amide bonds. The van der Waals surface area contributed by atoms with Crippen molar-refractivity contribution < 1.29 is 0 Å². The van der Waals surface area contributed by atoms with Crippen molar-refractivity contribution in [3.63, 3.8) is 0 Å². The molecule has 4 aromatic carbocycles. The predicted octanol–water partition coefficient (Wildman–Crippen LogP) is 6.16. The minimum Gasteiger partial charge on any atom is -0.327 e. The molecule has 1 aliphatic heterocycles. The van der Waals surface area contributed by atoms with Gasteiger partial charge in [-0.3, -0.25) is 9.80 Å². The summed E-state index contributed by atoms with van der Waals surface area (Å²) in [5.74, 6) is 0. The van der Waals surface area contributed by atoms with Crippen LogP contribution in [0.5, 0.6) is 0 Å². The van der Waals surface area contributed by atoms with Crippen LogP contribution < -0.4 is 0 Å². The van der Waals surface area contributed by atoms with E-state index in [1.165, 1.54) is 32.9 Å². The highest BCUT2D eigenvalue weighted by Gasteiger charge is 2.26. The van der Waals surface area contributed by atoms with E-state index in [0.717, 1.165) is 32.8 Å². The first-order chi connectivity index (χ1) is 16.4. The topological polar surface area (TPSA) is 11.4 Å². The lowest BCUT2D eigenvalue weighted by atomic mass is 9.96. The molecule has 1 fully saturated rings. The van der Waals surface area contributed by atoms with Gasteiger partial charge in [-0.05, 0) is 23.3 Å². The Labute approximate surface area is 195 Å². The van der Waals surface area contributed by atoms with Gasteiger partial charge in [-0.2, -0.15) is 0 Å². The van der Waals surface area contributed by atoms with Gasteiger partial charge >= 0.3 is 0 Å². The molecule has 0 radical (unpaired) electrons. The van der Waals surface area contributed by atoms with Crippen molar-refractivity contribution in [1.29, 1.82) is 0 Å². The van der Waals surface area contributed by atoms with Crippen molar-refractivity contribution in [3.05, 3.63) is 120 Å². The van der Waals surface area contributed by atoms with Crippen molar-refractivity contribution in [3.8, 4) is 0 Å². The van der Waals surface area contributed by atoms with Crippen molar-refractivity contribution >= 4 is 21.8 Å². The number of aromatic nitrogens is 1. The average molecular weight is 432 g/mol. The van der Waals surface area contributed by atoms with Gasteiger partial charge in [-0.25, -0.2) is 0 Å². The van der Waals surface area contributed by atoms with Crippen LogP contribution in [0.25, 0.3) is 21.8 Å². The van der Waals surface area contributed by atoms with Crippen LogP contribution in [-0.2, 0) is 6.67 Å². The highest BCUT2D eigenvalue weighted by Crippen LogP contribution is 2.31. The molecule has 0 saturated carbocycles. The van der Waals surface area contributed by atoms with E-state index in [0.29, 0.717) is 6.04 Å². The summed E-state index contributed by atoms with van der Waals surface area (Å²) >= 11 is 0. The monoisotopic (exact) mass is 431 g/mol. The van der Waals surface area contributed by atoms with E-state index in [9.17, 15) is 0 Å². The molecular formula is C30H29N3. The van der Waals surface area contributed by atoms with E-state index in [1.54, 1.807) is 0 Å². The number of nitrogens with zero attached hydrogens (tertiary/aromatic N) is 3. The Morgan fingerprint density at radius 1 is 0.515 bits per heavy atom. The Bertz CT molecular complexity index is 1260. The van der Waals surface area contributed by atoms with Gasteiger partial charge in [-0.15, -0.1) is 0 Å². The lowest BCUT2D eigenvalue weighted by Crippen LogP contribution is -2.48. The summed E-state index contributed by atoms with van der Waals surface area (Å²) in [7, 11) is 0. The zero-order valence-electron chi connectivity index (χ0n) is 18.8. The molecule has 0 unspecified atom stereocenters. The maximum atomic E-state index is 2.65. The predicted molar refractivity (Wildman–Crippen MR) is 137 cm³/mol. The normalized spacial score (nSPS) is 15.5. The number of hydrogen-bond donors (Lipinski definition) is 0. The van der Waals surface area contributed by atoms with Gasteiger partial charge in [-0.1, -0.05) is 97.1 Å². The van der Waals surface area contributed by atoms with Gasteiger partial charge in [0.15, 0.2) is 0 Å². The summed E-state index contributed by atoms with van der Waals surface area (Å²) in [5.41, 5.74) is 5.40. The molecule has 1 aliphatic rings. The molecule has 6 rings (SSSR count). The number of para-hydroxylation sites is 2. The van der Waals surface area contributed by atoms with Crippen molar-refractivity contribution in [2.45, 2.75) is 12.7 Å². The molecule has 33 heavy (non-hydrogen) atoms. The Hall–Kier alpha value is -3.40. The number of benzene rings is 4. The summed E-state index contributed by atoms with van der Waals surface area (Å²) in [6, 6.07) is 39.8. The first-order valence-corrected chi connectivity index (χ1v) is 11.9. The average Bonchev–Trinajstić information content (AvgIpc) is 3.20. The second kappa shape index (κ2) is 8.86. The number of piperazine rings is 1. The van der Waals surface area contributed by atoms with E-state index in [1.807, 2.05) is 0 Å². The lowest BCUT2D eigenvalue weighted by Gasteiger charge is -2.40. The molecule has 0 bridgehead atoms. The van der Waals surface area contributed by atoms with Crippen molar-refractivity contribution in [2.24, 2.45) is 0 Å².